The molecule has 1 aliphatic heterocycles. The second-order valence-corrected chi connectivity index (χ2v) is 11.0. The van der Waals surface area contributed by atoms with E-state index in [0.29, 0.717) is 23.5 Å². The van der Waals surface area contributed by atoms with Crippen molar-refractivity contribution in [2.75, 3.05) is 6.61 Å². The Bertz CT molecular complexity index is 1630. The number of rotatable bonds is 6. The molecule has 0 spiro atoms. The Hall–Kier alpha value is -4.45. The van der Waals surface area contributed by atoms with Crippen LogP contribution < -0.4 is 4.74 Å². The SMILES string of the molecule is CCOc1ccc(/C(O)=C2\C(=O)C(=O)N(Cc3ccc(F)cc3)C2c2cccc3ccccc23)cc1C(C)(C)C. The number of Topliss-reactive ketones (excluding diaryl/α,β-unsaturated/α-hetero) is 1. The second kappa shape index (κ2) is 10.6. The molecule has 204 valence electrons. The number of benzene rings is 4. The average Bonchev–Trinajstić information content (AvgIpc) is 3.18. The van der Waals surface area contributed by atoms with E-state index in [4.69, 9.17) is 4.74 Å². The van der Waals surface area contributed by atoms with Crippen molar-refractivity contribution in [3.63, 3.8) is 0 Å². The van der Waals surface area contributed by atoms with Gasteiger partial charge in [-0.15, -0.1) is 0 Å². The summed E-state index contributed by atoms with van der Waals surface area (Å²) < 4.78 is 19.5. The quantitative estimate of drug-likeness (QED) is 0.159. The van der Waals surface area contributed by atoms with Crippen molar-refractivity contribution in [3.05, 3.63) is 119 Å². The summed E-state index contributed by atoms with van der Waals surface area (Å²) >= 11 is 0. The monoisotopic (exact) mass is 537 g/mol. The number of amides is 1. The van der Waals surface area contributed by atoms with Gasteiger partial charge in [0.1, 0.15) is 17.3 Å². The summed E-state index contributed by atoms with van der Waals surface area (Å²) in [6, 6.07) is 23.8. The molecule has 5 rings (SSSR count). The zero-order valence-corrected chi connectivity index (χ0v) is 23.1. The van der Waals surface area contributed by atoms with Crippen molar-refractivity contribution >= 4 is 28.2 Å². The van der Waals surface area contributed by atoms with Crippen LogP contribution in [0.25, 0.3) is 16.5 Å². The average molecular weight is 538 g/mol. The highest BCUT2D eigenvalue weighted by molar-refractivity contribution is 6.46. The number of aliphatic hydroxyl groups excluding tert-OH is 1. The van der Waals surface area contributed by atoms with Crippen molar-refractivity contribution in [2.24, 2.45) is 0 Å². The van der Waals surface area contributed by atoms with E-state index < -0.39 is 17.7 Å². The maximum atomic E-state index is 13.7. The van der Waals surface area contributed by atoms with Crippen molar-refractivity contribution in [2.45, 2.75) is 45.7 Å². The van der Waals surface area contributed by atoms with Gasteiger partial charge in [-0.3, -0.25) is 9.59 Å². The molecule has 0 radical (unpaired) electrons. The number of carbonyl (C=O) groups excluding carboxylic acids is 2. The van der Waals surface area contributed by atoms with Gasteiger partial charge in [0.15, 0.2) is 0 Å². The highest BCUT2D eigenvalue weighted by Gasteiger charge is 2.46. The number of likely N-dealkylation sites (tertiary alicyclic amines) is 1. The summed E-state index contributed by atoms with van der Waals surface area (Å²) in [7, 11) is 0. The van der Waals surface area contributed by atoms with Crippen LogP contribution in [0.4, 0.5) is 4.39 Å². The van der Waals surface area contributed by atoms with E-state index in [9.17, 15) is 19.1 Å². The van der Waals surface area contributed by atoms with Crippen molar-refractivity contribution < 1.29 is 23.8 Å². The van der Waals surface area contributed by atoms with E-state index in [2.05, 4.69) is 0 Å². The number of aliphatic hydroxyl groups is 1. The number of hydrogen-bond donors (Lipinski definition) is 1. The molecule has 0 bridgehead atoms. The van der Waals surface area contributed by atoms with Crippen LogP contribution >= 0.6 is 0 Å². The van der Waals surface area contributed by atoms with Gasteiger partial charge in [0.25, 0.3) is 11.7 Å². The normalized spacial score (nSPS) is 17.0. The van der Waals surface area contributed by atoms with Crippen LogP contribution in [-0.4, -0.2) is 28.3 Å². The van der Waals surface area contributed by atoms with E-state index in [-0.39, 0.29) is 29.1 Å². The Morgan fingerprint density at radius 1 is 0.950 bits per heavy atom. The van der Waals surface area contributed by atoms with Gasteiger partial charge in [-0.05, 0) is 64.6 Å². The summed E-state index contributed by atoms with van der Waals surface area (Å²) in [6.07, 6.45) is 0. The van der Waals surface area contributed by atoms with Crippen molar-refractivity contribution in [1.82, 2.24) is 4.90 Å². The van der Waals surface area contributed by atoms with Crippen LogP contribution in [0.15, 0.2) is 90.5 Å². The fourth-order valence-corrected chi connectivity index (χ4v) is 5.34. The molecule has 0 aromatic heterocycles. The van der Waals surface area contributed by atoms with Crippen molar-refractivity contribution in [3.8, 4) is 5.75 Å². The number of fused-ring (bicyclic) bond motifs is 1. The standard InChI is InChI=1S/C34H32FNO4/c1-5-40-28-18-15-23(19-27(28)34(2,3)4)31(37)29-30(26-12-8-10-22-9-6-7-11-25(22)26)36(33(39)32(29)38)20-21-13-16-24(35)17-14-21/h6-19,30,37H,5,20H2,1-4H3/b31-29+. The number of carbonyl (C=O) groups is 2. The molecule has 1 unspecified atom stereocenters. The molecule has 1 atom stereocenters. The van der Waals surface area contributed by atoms with Crippen LogP contribution in [0.2, 0.25) is 0 Å². The Balaban J connectivity index is 1.72. The molecule has 0 aliphatic carbocycles. The third kappa shape index (κ3) is 4.97. The molecule has 1 aliphatic rings. The molecule has 4 aromatic rings. The highest BCUT2D eigenvalue weighted by atomic mass is 19.1. The van der Waals surface area contributed by atoms with Crippen LogP contribution in [-0.2, 0) is 21.5 Å². The van der Waals surface area contributed by atoms with Crippen LogP contribution in [0.5, 0.6) is 5.75 Å². The second-order valence-electron chi connectivity index (χ2n) is 11.0. The predicted molar refractivity (Wildman–Crippen MR) is 155 cm³/mol. The van der Waals surface area contributed by atoms with Crippen LogP contribution in [0.3, 0.4) is 0 Å². The fraction of sp³-hybridized carbons (Fsp3) is 0.235. The Morgan fingerprint density at radius 2 is 1.65 bits per heavy atom. The lowest BCUT2D eigenvalue weighted by atomic mass is 9.84. The van der Waals surface area contributed by atoms with Gasteiger partial charge in [-0.2, -0.15) is 0 Å². The first kappa shape index (κ1) is 27.1. The first-order valence-electron chi connectivity index (χ1n) is 13.4. The summed E-state index contributed by atoms with van der Waals surface area (Å²) in [5, 5.41) is 13.6. The van der Waals surface area contributed by atoms with Gasteiger partial charge in [0.05, 0.1) is 18.2 Å². The number of ether oxygens (including phenoxy) is 1. The Labute approximate surface area is 233 Å². The van der Waals surface area contributed by atoms with E-state index in [1.807, 2.05) is 76.2 Å². The van der Waals surface area contributed by atoms with Gasteiger partial charge in [-0.1, -0.05) is 75.4 Å². The van der Waals surface area contributed by atoms with Gasteiger partial charge in [0, 0.05) is 17.7 Å². The lowest BCUT2D eigenvalue weighted by Crippen LogP contribution is -2.29. The minimum Gasteiger partial charge on any atom is -0.507 e. The first-order valence-corrected chi connectivity index (χ1v) is 13.4. The molecule has 6 heteroatoms. The van der Waals surface area contributed by atoms with Gasteiger partial charge in [0.2, 0.25) is 0 Å². The Morgan fingerprint density at radius 3 is 2.35 bits per heavy atom. The largest absolute Gasteiger partial charge is 0.507 e. The van der Waals surface area contributed by atoms with Gasteiger partial charge >= 0.3 is 0 Å². The van der Waals surface area contributed by atoms with E-state index in [0.717, 1.165) is 21.9 Å². The van der Waals surface area contributed by atoms with Crippen LogP contribution in [0, 0.1) is 5.82 Å². The first-order chi connectivity index (χ1) is 19.1. The summed E-state index contributed by atoms with van der Waals surface area (Å²) in [5.41, 5.74) is 2.42. The van der Waals surface area contributed by atoms with E-state index >= 15 is 0 Å². The smallest absolute Gasteiger partial charge is 0.295 e. The van der Waals surface area contributed by atoms with Gasteiger partial charge < -0.3 is 14.7 Å². The molecule has 5 nitrogen and oxygen atoms in total. The zero-order valence-electron chi connectivity index (χ0n) is 23.1. The molecule has 1 amide bonds. The lowest BCUT2D eigenvalue weighted by Gasteiger charge is -2.27. The third-order valence-corrected chi connectivity index (χ3v) is 7.28. The number of nitrogens with zero attached hydrogens (tertiary/aromatic N) is 1. The fourth-order valence-electron chi connectivity index (χ4n) is 5.34. The minimum absolute atomic E-state index is 0.0208. The number of ketones is 1. The molecular weight excluding hydrogens is 505 g/mol. The molecule has 1 heterocycles. The highest BCUT2D eigenvalue weighted by Crippen LogP contribution is 2.43. The van der Waals surface area contributed by atoms with Gasteiger partial charge in [-0.25, -0.2) is 4.39 Å². The molecule has 0 saturated carbocycles. The summed E-state index contributed by atoms with van der Waals surface area (Å²) in [6.45, 7) is 8.62. The molecule has 1 N–H and O–H groups in total. The molecule has 1 saturated heterocycles. The number of halogens is 1. The minimum atomic E-state index is -0.846. The predicted octanol–water partition coefficient (Wildman–Crippen LogP) is 7.30. The zero-order chi connectivity index (χ0) is 28.6. The summed E-state index contributed by atoms with van der Waals surface area (Å²) in [5.74, 6) is -1.41. The molecule has 40 heavy (non-hydrogen) atoms. The number of hydrogen-bond acceptors (Lipinski definition) is 4. The Kier molecular flexibility index (Phi) is 7.19. The van der Waals surface area contributed by atoms with E-state index in [1.54, 1.807) is 24.3 Å². The maximum Gasteiger partial charge on any atom is 0.295 e. The molecular formula is C34H32FNO4. The maximum absolute atomic E-state index is 13.7. The summed E-state index contributed by atoms with van der Waals surface area (Å²) in [4.78, 5) is 28.7. The lowest BCUT2D eigenvalue weighted by molar-refractivity contribution is -0.140. The third-order valence-electron chi connectivity index (χ3n) is 7.28. The molecule has 1 fully saturated rings. The van der Waals surface area contributed by atoms with Crippen molar-refractivity contribution in [1.29, 1.82) is 0 Å². The topological polar surface area (TPSA) is 66.8 Å². The molecule has 4 aromatic carbocycles. The van der Waals surface area contributed by atoms with E-state index in [1.165, 1.54) is 17.0 Å². The van der Waals surface area contributed by atoms with Crippen LogP contribution in [0.1, 0.15) is 56.0 Å².